The Morgan fingerprint density at radius 2 is 1.67 bits per heavy atom. The highest BCUT2D eigenvalue weighted by molar-refractivity contribution is 7.80. The number of nitrogens with two attached hydrogens (primary N) is 1. The summed E-state index contributed by atoms with van der Waals surface area (Å²) in [7, 11) is 0. The molecule has 1 saturated heterocycles. The lowest BCUT2D eigenvalue weighted by Gasteiger charge is -2.43. The Bertz CT molecular complexity index is 497. The van der Waals surface area contributed by atoms with Gasteiger partial charge in [0, 0.05) is 32.7 Å². The average Bonchev–Trinajstić information content (AvgIpc) is 2.43. The van der Waals surface area contributed by atoms with Crippen LogP contribution in [0.4, 0.5) is 0 Å². The fourth-order valence-electron chi connectivity index (χ4n) is 2.94. The standard InChI is InChI=1S/C17H27N3S/c1-13-6-5-7-14(2)15(13)12-19-8-10-20(11-9-19)17(3,4)16(18)21/h5-7H,8-12H2,1-4H3,(H2,18,21). The van der Waals surface area contributed by atoms with Gasteiger partial charge in [0.25, 0.3) is 0 Å². The molecule has 0 aliphatic carbocycles. The van der Waals surface area contributed by atoms with Crippen molar-refractivity contribution in [1.29, 1.82) is 0 Å². The van der Waals surface area contributed by atoms with Gasteiger partial charge in [-0.1, -0.05) is 30.4 Å². The van der Waals surface area contributed by atoms with Gasteiger partial charge in [-0.3, -0.25) is 9.80 Å². The van der Waals surface area contributed by atoms with Crippen LogP contribution in [0.25, 0.3) is 0 Å². The molecule has 1 fully saturated rings. The number of aryl methyl sites for hydroxylation is 2. The average molecular weight is 305 g/mol. The summed E-state index contributed by atoms with van der Waals surface area (Å²) in [6.07, 6.45) is 0. The number of benzene rings is 1. The van der Waals surface area contributed by atoms with E-state index in [1.165, 1.54) is 16.7 Å². The van der Waals surface area contributed by atoms with Crippen LogP contribution in [0, 0.1) is 13.8 Å². The molecule has 0 bridgehead atoms. The second-order valence-electron chi connectivity index (χ2n) is 6.56. The van der Waals surface area contributed by atoms with E-state index in [-0.39, 0.29) is 5.54 Å². The van der Waals surface area contributed by atoms with Gasteiger partial charge in [-0.05, 0) is 44.4 Å². The first-order valence-corrected chi connectivity index (χ1v) is 8.05. The molecular weight excluding hydrogens is 278 g/mol. The molecule has 0 saturated carbocycles. The fraction of sp³-hybridized carbons (Fsp3) is 0.588. The number of piperazine rings is 1. The Hall–Kier alpha value is -0.970. The first-order valence-electron chi connectivity index (χ1n) is 7.65. The van der Waals surface area contributed by atoms with E-state index in [0.29, 0.717) is 4.99 Å². The van der Waals surface area contributed by atoms with Crippen LogP contribution in [0.2, 0.25) is 0 Å². The predicted molar refractivity (Wildman–Crippen MR) is 93.6 cm³/mol. The second-order valence-corrected chi connectivity index (χ2v) is 7.00. The second kappa shape index (κ2) is 6.42. The van der Waals surface area contributed by atoms with E-state index in [2.05, 4.69) is 55.7 Å². The van der Waals surface area contributed by atoms with Crippen molar-refractivity contribution in [2.24, 2.45) is 5.73 Å². The molecule has 1 aromatic rings. The maximum absolute atomic E-state index is 5.88. The van der Waals surface area contributed by atoms with Crippen molar-refractivity contribution in [2.75, 3.05) is 26.2 Å². The van der Waals surface area contributed by atoms with Gasteiger partial charge in [-0.25, -0.2) is 0 Å². The summed E-state index contributed by atoms with van der Waals surface area (Å²) in [6.45, 7) is 13.9. The van der Waals surface area contributed by atoms with E-state index in [0.717, 1.165) is 32.7 Å². The van der Waals surface area contributed by atoms with E-state index >= 15 is 0 Å². The zero-order chi connectivity index (χ0) is 15.6. The molecule has 0 unspecified atom stereocenters. The minimum Gasteiger partial charge on any atom is -0.392 e. The highest BCUT2D eigenvalue weighted by Crippen LogP contribution is 2.20. The summed E-state index contributed by atoms with van der Waals surface area (Å²) in [5, 5.41) is 0. The van der Waals surface area contributed by atoms with Crippen molar-refractivity contribution < 1.29 is 0 Å². The van der Waals surface area contributed by atoms with Crippen LogP contribution in [0.3, 0.4) is 0 Å². The van der Waals surface area contributed by atoms with Gasteiger partial charge in [0.15, 0.2) is 0 Å². The molecule has 0 amide bonds. The van der Waals surface area contributed by atoms with Gasteiger partial charge in [-0.15, -0.1) is 0 Å². The summed E-state index contributed by atoms with van der Waals surface area (Å²) in [5.74, 6) is 0. The highest BCUT2D eigenvalue weighted by atomic mass is 32.1. The van der Waals surface area contributed by atoms with Crippen molar-refractivity contribution in [3.8, 4) is 0 Å². The van der Waals surface area contributed by atoms with Crippen LogP contribution in [-0.2, 0) is 6.54 Å². The van der Waals surface area contributed by atoms with Crippen LogP contribution in [0.15, 0.2) is 18.2 Å². The van der Waals surface area contributed by atoms with Crippen molar-refractivity contribution in [3.05, 3.63) is 34.9 Å². The van der Waals surface area contributed by atoms with Gasteiger partial charge < -0.3 is 5.73 Å². The Balaban J connectivity index is 1.98. The molecule has 21 heavy (non-hydrogen) atoms. The van der Waals surface area contributed by atoms with Crippen molar-refractivity contribution in [1.82, 2.24) is 9.80 Å². The normalized spacial score (nSPS) is 17.9. The maximum Gasteiger partial charge on any atom is 0.0928 e. The summed E-state index contributed by atoms with van der Waals surface area (Å²) in [6, 6.07) is 6.54. The zero-order valence-corrected chi connectivity index (χ0v) is 14.5. The Morgan fingerprint density at radius 1 is 1.14 bits per heavy atom. The van der Waals surface area contributed by atoms with Gasteiger partial charge >= 0.3 is 0 Å². The molecule has 1 aliphatic heterocycles. The predicted octanol–water partition coefficient (Wildman–Crippen LogP) is 2.49. The van der Waals surface area contributed by atoms with Gasteiger partial charge in [-0.2, -0.15) is 0 Å². The third kappa shape index (κ3) is 3.62. The summed E-state index contributed by atoms with van der Waals surface area (Å²) in [4.78, 5) is 5.52. The molecule has 3 nitrogen and oxygen atoms in total. The van der Waals surface area contributed by atoms with Crippen LogP contribution in [-0.4, -0.2) is 46.5 Å². The summed E-state index contributed by atoms with van der Waals surface area (Å²) >= 11 is 5.20. The third-order valence-corrected chi connectivity index (χ3v) is 5.29. The van der Waals surface area contributed by atoms with Gasteiger partial charge in [0.2, 0.25) is 0 Å². The maximum atomic E-state index is 5.88. The SMILES string of the molecule is Cc1cccc(C)c1CN1CCN(C(C)(C)C(N)=S)CC1. The fourth-order valence-corrected chi connectivity index (χ4v) is 3.07. The van der Waals surface area contributed by atoms with Crippen LogP contribution >= 0.6 is 12.2 Å². The molecule has 1 heterocycles. The molecule has 2 rings (SSSR count). The van der Waals surface area contributed by atoms with Gasteiger partial charge in [0.05, 0.1) is 10.5 Å². The van der Waals surface area contributed by atoms with Crippen molar-refractivity contribution in [3.63, 3.8) is 0 Å². The van der Waals surface area contributed by atoms with E-state index < -0.39 is 0 Å². The molecular formula is C17H27N3S. The Morgan fingerprint density at radius 3 is 2.14 bits per heavy atom. The summed E-state index contributed by atoms with van der Waals surface area (Å²) < 4.78 is 0. The van der Waals surface area contributed by atoms with Crippen LogP contribution < -0.4 is 5.73 Å². The molecule has 1 aliphatic rings. The van der Waals surface area contributed by atoms with E-state index in [4.69, 9.17) is 18.0 Å². The van der Waals surface area contributed by atoms with Crippen molar-refractivity contribution >= 4 is 17.2 Å². The van der Waals surface area contributed by atoms with E-state index in [1.54, 1.807) is 0 Å². The number of hydrogen-bond donors (Lipinski definition) is 1. The molecule has 2 N–H and O–H groups in total. The van der Waals surface area contributed by atoms with Crippen molar-refractivity contribution in [2.45, 2.75) is 39.8 Å². The highest BCUT2D eigenvalue weighted by Gasteiger charge is 2.32. The zero-order valence-electron chi connectivity index (χ0n) is 13.6. The minimum absolute atomic E-state index is 0.181. The lowest BCUT2D eigenvalue weighted by molar-refractivity contribution is 0.0819. The number of hydrogen-bond acceptors (Lipinski definition) is 3. The Kier molecular flexibility index (Phi) is 5.02. The largest absolute Gasteiger partial charge is 0.392 e. The Labute approximate surface area is 134 Å². The molecule has 0 spiro atoms. The molecule has 4 heteroatoms. The summed E-state index contributed by atoms with van der Waals surface area (Å²) in [5.41, 5.74) is 9.95. The van der Waals surface area contributed by atoms with E-state index in [9.17, 15) is 0 Å². The smallest absolute Gasteiger partial charge is 0.0928 e. The first kappa shape index (κ1) is 16.4. The number of thiocarbonyl (C=S) groups is 1. The molecule has 0 radical (unpaired) electrons. The first-order chi connectivity index (χ1) is 9.82. The monoisotopic (exact) mass is 305 g/mol. The lowest BCUT2D eigenvalue weighted by atomic mass is 10.0. The number of nitrogens with zero attached hydrogens (tertiary/aromatic N) is 2. The molecule has 0 atom stereocenters. The number of rotatable bonds is 4. The van der Waals surface area contributed by atoms with Crippen LogP contribution in [0.1, 0.15) is 30.5 Å². The van der Waals surface area contributed by atoms with Crippen LogP contribution in [0.5, 0.6) is 0 Å². The molecule has 0 aromatic heterocycles. The third-order valence-electron chi connectivity index (χ3n) is 4.79. The lowest BCUT2D eigenvalue weighted by Crippen LogP contribution is -2.59. The quantitative estimate of drug-likeness (QED) is 0.866. The molecule has 1 aromatic carbocycles. The topological polar surface area (TPSA) is 32.5 Å². The van der Waals surface area contributed by atoms with Gasteiger partial charge in [0.1, 0.15) is 0 Å². The minimum atomic E-state index is -0.181. The molecule has 116 valence electrons. The van der Waals surface area contributed by atoms with E-state index in [1.807, 2.05) is 0 Å².